The van der Waals surface area contributed by atoms with Crippen molar-refractivity contribution in [3.8, 4) is 5.75 Å². The van der Waals surface area contributed by atoms with Crippen LogP contribution in [0.2, 0.25) is 0 Å². The topological polar surface area (TPSA) is 72.0 Å². The van der Waals surface area contributed by atoms with Crippen molar-refractivity contribution in [3.63, 3.8) is 0 Å². The quantitative estimate of drug-likeness (QED) is 0.697. The summed E-state index contributed by atoms with van der Waals surface area (Å²) in [6.07, 6.45) is 1.60. The molecule has 0 aliphatic carbocycles. The minimum absolute atomic E-state index is 0.406. The number of aryl methyl sites for hydroxylation is 2. The summed E-state index contributed by atoms with van der Waals surface area (Å²) in [7, 11) is 0. The Hall–Kier alpha value is -3.15. The minimum Gasteiger partial charge on any atom is -0.492 e. The van der Waals surface area contributed by atoms with Crippen LogP contribution < -0.4 is 15.4 Å². The number of hydrogen-bond donors (Lipinski definition) is 2. The molecule has 1 heterocycles. The third-order valence-corrected chi connectivity index (χ3v) is 3.73. The average Bonchev–Trinajstić information content (AvgIpc) is 2.61. The molecule has 0 bridgehead atoms. The maximum atomic E-state index is 5.61. The van der Waals surface area contributed by atoms with Crippen molar-refractivity contribution in [2.24, 2.45) is 0 Å². The monoisotopic (exact) mass is 335 g/mol. The Bertz CT molecular complexity index is 846. The first-order valence-electron chi connectivity index (χ1n) is 8.19. The van der Waals surface area contributed by atoms with Crippen molar-refractivity contribution >= 4 is 23.1 Å². The molecule has 3 aromatic rings. The molecule has 2 aromatic carbocycles. The van der Waals surface area contributed by atoms with Crippen LogP contribution in [0.15, 0.2) is 48.7 Å². The molecule has 0 fully saturated rings. The summed E-state index contributed by atoms with van der Waals surface area (Å²) >= 11 is 0. The standard InChI is InChI=1S/C19H21N5O/c1-4-25-16-11-6-5-10-15(16)21-19-23-17(12-20-24-19)22-18-13(2)8-7-9-14(18)3/h5-12H,4H2,1-3H3,(H2,21,22,23,24). The van der Waals surface area contributed by atoms with Crippen LogP contribution in [0.5, 0.6) is 5.75 Å². The third kappa shape index (κ3) is 4.03. The lowest BCUT2D eigenvalue weighted by Gasteiger charge is -2.13. The van der Waals surface area contributed by atoms with Gasteiger partial charge in [0.1, 0.15) is 5.75 Å². The molecule has 6 heteroatoms. The van der Waals surface area contributed by atoms with E-state index in [4.69, 9.17) is 4.74 Å². The highest BCUT2D eigenvalue weighted by molar-refractivity contribution is 5.66. The molecule has 0 radical (unpaired) electrons. The molecular formula is C19H21N5O. The van der Waals surface area contributed by atoms with Crippen LogP contribution in [0.4, 0.5) is 23.1 Å². The fraction of sp³-hybridized carbons (Fsp3) is 0.211. The molecule has 128 valence electrons. The van der Waals surface area contributed by atoms with E-state index in [9.17, 15) is 0 Å². The fourth-order valence-electron chi connectivity index (χ4n) is 2.53. The van der Waals surface area contributed by atoms with Crippen LogP contribution in [-0.4, -0.2) is 21.8 Å². The van der Waals surface area contributed by atoms with E-state index in [1.807, 2.05) is 37.3 Å². The van der Waals surface area contributed by atoms with Gasteiger partial charge in [0.2, 0.25) is 5.95 Å². The Labute approximate surface area is 147 Å². The molecule has 0 spiro atoms. The molecule has 0 unspecified atom stereocenters. The van der Waals surface area contributed by atoms with Crippen LogP contribution >= 0.6 is 0 Å². The number of hydrogen-bond acceptors (Lipinski definition) is 6. The van der Waals surface area contributed by atoms with E-state index < -0.39 is 0 Å². The number of aromatic nitrogens is 3. The lowest BCUT2D eigenvalue weighted by Crippen LogP contribution is -2.05. The molecule has 0 saturated heterocycles. The van der Waals surface area contributed by atoms with Crippen molar-refractivity contribution in [1.29, 1.82) is 0 Å². The summed E-state index contributed by atoms with van der Waals surface area (Å²) in [5.74, 6) is 1.79. The molecule has 25 heavy (non-hydrogen) atoms. The Morgan fingerprint density at radius 1 is 0.960 bits per heavy atom. The van der Waals surface area contributed by atoms with E-state index in [-0.39, 0.29) is 0 Å². The summed E-state index contributed by atoms with van der Waals surface area (Å²) in [5.41, 5.74) is 4.13. The Morgan fingerprint density at radius 2 is 1.72 bits per heavy atom. The molecule has 0 amide bonds. The lowest BCUT2D eigenvalue weighted by atomic mass is 10.1. The maximum absolute atomic E-state index is 5.61. The number of para-hydroxylation sites is 3. The molecular weight excluding hydrogens is 314 g/mol. The molecule has 0 aliphatic heterocycles. The van der Waals surface area contributed by atoms with Crippen molar-refractivity contribution in [1.82, 2.24) is 15.2 Å². The zero-order valence-electron chi connectivity index (χ0n) is 14.6. The zero-order valence-corrected chi connectivity index (χ0v) is 14.6. The summed E-state index contributed by atoms with van der Waals surface area (Å²) in [6.45, 7) is 6.65. The molecule has 0 saturated carbocycles. The van der Waals surface area contributed by atoms with Gasteiger partial charge in [0.25, 0.3) is 0 Å². The maximum Gasteiger partial charge on any atom is 0.249 e. The van der Waals surface area contributed by atoms with Crippen LogP contribution in [0.25, 0.3) is 0 Å². The first kappa shape index (κ1) is 16.7. The van der Waals surface area contributed by atoms with Crippen molar-refractivity contribution < 1.29 is 4.74 Å². The SMILES string of the molecule is CCOc1ccccc1Nc1nncc(Nc2c(C)cccc2C)n1. The van der Waals surface area contributed by atoms with Gasteiger partial charge in [0.15, 0.2) is 5.82 Å². The predicted octanol–water partition coefficient (Wildman–Crippen LogP) is 4.37. The van der Waals surface area contributed by atoms with Crippen molar-refractivity contribution in [3.05, 3.63) is 59.8 Å². The molecule has 1 aromatic heterocycles. The summed E-state index contributed by atoms with van der Waals surface area (Å²) in [4.78, 5) is 4.50. The largest absolute Gasteiger partial charge is 0.492 e. The predicted molar refractivity (Wildman–Crippen MR) is 99.9 cm³/mol. The molecule has 2 N–H and O–H groups in total. The van der Waals surface area contributed by atoms with Gasteiger partial charge in [-0.25, -0.2) is 0 Å². The van der Waals surface area contributed by atoms with Gasteiger partial charge in [-0.15, -0.1) is 5.10 Å². The van der Waals surface area contributed by atoms with Gasteiger partial charge in [-0.3, -0.25) is 0 Å². The first-order valence-corrected chi connectivity index (χ1v) is 8.19. The van der Waals surface area contributed by atoms with Crippen LogP contribution in [0.1, 0.15) is 18.1 Å². The van der Waals surface area contributed by atoms with Gasteiger partial charge in [0.05, 0.1) is 18.5 Å². The van der Waals surface area contributed by atoms with Gasteiger partial charge in [-0.2, -0.15) is 10.1 Å². The van der Waals surface area contributed by atoms with E-state index in [1.54, 1.807) is 6.20 Å². The minimum atomic E-state index is 0.406. The summed E-state index contributed by atoms with van der Waals surface area (Å²) in [5, 5.41) is 14.6. The Kier molecular flexibility index (Phi) is 5.09. The number of rotatable bonds is 6. The van der Waals surface area contributed by atoms with E-state index in [1.165, 1.54) is 0 Å². The van der Waals surface area contributed by atoms with Gasteiger partial charge < -0.3 is 15.4 Å². The van der Waals surface area contributed by atoms with Gasteiger partial charge in [0, 0.05) is 5.69 Å². The number of nitrogens with one attached hydrogen (secondary N) is 2. The van der Waals surface area contributed by atoms with Gasteiger partial charge in [-0.05, 0) is 44.0 Å². The van der Waals surface area contributed by atoms with E-state index in [0.29, 0.717) is 18.4 Å². The number of anilines is 4. The van der Waals surface area contributed by atoms with Crippen LogP contribution in [0, 0.1) is 13.8 Å². The normalized spacial score (nSPS) is 10.4. The smallest absolute Gasteiger partial charge is 0.249 e. The number of benzene rings is 2. The Balaban J connectivity index is 1.83. The second-order valence-electron chi connectivity index (χ2n) is 5.61. The number of ether oxygens (including phenoxy) is 1. The molecule has 3 rings (SSSR count). The highest BCUT2D eigenvalue weighted by atomic mass is 16.5. The van der Waals surface area contributed by atoms with E-state index in [0.717, 1.165) is 28.3 Å². The molecule has 0 aliphatic rings. The second kappa shape index (κ2) is 7.61. The van der Waals surface area contributed by atoms with E-state index >= 15 is 0 Å². The first-order chi connectivity index (χ1) is 12.2. The summed E-state index contributed by atoms with van der Waals surface area (Å²) < 4.78 is 5.61. The highest BCUT2D eigenvalue weighted by Crippen LogP contribution is 2.27. The van der Waals surface area contributed by atoms with Gasteiger partial charge in [-0.1, -0.05) is 30.3 Å². The zero-order chi connectivity index (χ0) is 17.6. The highest BCUT2D eigenvalue weighted by Gasteiger charge is 2.08. The van der Waals surface area contributed by atoms with Crippen molar-refractivity contribution in [2.75, 3.05) is 17.2 Å². The van der Waals surface area contributed by atoms with E-state index in [2.05, 4.69) is 51.8 Å². The lowest BCUT2D eigenvalue weighted by molar-refractivity contribution is 0.342. The third-order valence-electron chi connectivity index (χ3n) is 3.73. The number of nitrogens with zero attached hydrogens (tertiary/aromatic N) is 3. The fourth-order valence-corrected chi connectivity index (χ4v) is 2.53. The van der Waals surface area contributed by atoms with Crippen LogP contribution in [-0.2, 0) is 0 Å². The van der Waals surface area contributed by atoms with Crippen molar-refractivity contribution in [2.45, 2.75) is 20.8 Å². The summed E-state index contributed by atoms with van der Waals surface area (Å²) in [6, 6.07) is 13.8. The second-order valence-corrected chi connectivity index (χ2v) is 5.61. The molecule has 6 nitrogen and oxygen atoms in total. The Morgan fingerprint density at radius 3 is 2.48 bits per heavy atom. The molecule has 0 atom stereocenters. The average molecular weight is 335 g/mol. The van der Waals surface area contributed by atoms with Crippen LogP contribution in [0.3, 0.4) is 0 Å². The van der Waals surface area contributed by atoms with Gasteiger partial charge >= 0.3 is 0 Å².